The minimum Gasteiger partial charge on any atom is -0.497 e. The quantitative estimate of drug-likeness (QED) is 0.594. The van der Waals surface area contributed by atoms with Gasteiger partial charge in [0.2, 0.25) is 0 Å². The Kier molecular flexibility index (Phi) is 5.88. The number of nitrogens with one attached hydrogen (secondary N) is 2. The Balaban J connectivity index is 1.70. The topological polar surface area (TPSA) is 80.3 Å². The molecule has 0 aliphatic carbocycles. The third kappa shape index (κ3) is 4.72. The highest BCUT2D eigenvalue weighted by atomic mass is 79.9. The van der Waals surface area contributed by atoms with Crippen molar-refractivity contribution in [1.82, 2.24) is 4.98 Å². The van der Waals surface area contributed by atoms with Gasteiger partial charge in [0.1, 0.15) is 10.6 Å². The van der Waals surface area contributed by atoms with Crippen molar-refractivity contribution >= 4 is 49.9 Å². The van der Waals surface area contributed by atoms with Gasteiger partial charge in [0.25, 0.3) is 11.8 Å². The van der Waals surface area contributed by atoms with Gasteiger partial charge in [-0.2, -0.15) is 0 Å². The van der Waals surface area contributed by atoms with E-state index in [0.717, 1.165) is 15.8 Å². The van der Waals surface area contributed by atoms with E-state index in [1.807, 2.05) is 0 Å². The van der Waals surface area contributed by atoms with Gasteiger partial charge in [-0.15, -0.1) is 0 Å². The summed E-state index contributed by atoms with van der Waals surface area (Å²) in [5.74, 6) is 0.151. The first-order valence-electron chi connectivity index (χ1n) is 7.96. The molecule has 1 aromatic heterocycles. The minimum absolute atomic E-state index is 0.278. The molecular weight excluding hydrogens is 430 g/mol. The van der Waals surface area contributed by atoms with Crippen molar-refractivity contribution in [1.29, 1.82) is 0 Å². The lowest BCUT2D eigenvalue weighted by Crippen LogP contribution is -2.11. The molecule has 3 rings (SSSR count). The average molecular weight is 446 g/mol. The van der Waals surface area contributed by atoms with E-state index >= 15 is 0 Å². The fourth-order valence-corrected chi connectivity index (χ4v) is 3.41. The zero-order valence-electron chi connectivity index (χ0n) is 14.6. The second kappa shape index (κ2) is 8.32. The molecule has 0 saturated carbocycles. The summed E-state index contributed by atoms with van der Waals surface area (Å²) in [5, 5.41) is 5.92. The smallest absolute Gasteiger partial charge is 0.267 e. The number of anilines is 2. The number of hydrogen-bond acceptors (Lipinski definition) is 5. The molecule has 6 nitrogen and oxygen atoms in total. The Morgan fingerprint density at radius 1 is 1.00 bits per heavy atom. The predicted molar refractivity (Wildman–Crippen MR) is 110 cm³/mol. The average Bonchev–Trinajstić information content (AvgIpc) is 3.03. The summed E-state index contributed by atoms with van der Waals surface area (Å²) >= 11 is 4.46. The Morgan fingerprint density at radius 2 is 1.67 bits per heavy atom. The van der Waals surface area contributed by atoms with Crippen LogP contribution in [0.2, 0.25) is 0 Å². The molecule has 0 fully saturated rings. The number of ether oxygens (including phenoxy) is 1. The lowest BCUT2D eigenvalue weighted by Gasteiger charge is -2.05. The maximum Gasteiger partial charge on any atom is 0.267 e. The fourth-order valence-electron chi connectivity index (χ4n) is 2.29. The molecule has 0 aliphatic rings. The Hall–Kier alpha value is -2.71. The van der Waals surface area contributed by atoms with E-state index in [4.69, 9.17) is 4.74 Å². The molecule has 0 atom stereocenters. The van der Waals surface area contributed by atoms with E-state index in [2.05, 4.69) is 31.5 Å². The lowest BCUT2D eigenvalue weighted by atomic mass is 10.2. The van der Waals surface area contributed by atoms with Crippen LogP contribution in [0.3, 0.4) is 0 Å². The second-order valence-corrected chi connectivity index (χ2v) is 7.49. The highest BCUT2D eigenvalue weighted by Crippen LogP contribution is 2.25. The van der Waals surface area contributed by atoms with E-state index in [1.165, 1.54) is 0 Å². The summed E-state index contributed by atoms with van der Waals surface area (Å²) < 4.78 is 5.99. The number of methoxy groups -OCH3 is 1. The van der Waals surface area contributed by atoms with Crippen molar-refractivity contribution in [3.63, 3.8) is 0 Å². The predicted octanol–water partition coefficient (Wildman–Crippen LogP) is 4.73. The van der Waals surface area contributed by atoms with Crippen LogP contribution in [0.25, 0.3) is 0 Å². The van der Waals surface area contributed by atoms with Crippen molar-refractivity contribution < 1.29 is 14.3 Å². The SMILES string of the molecule is COc1ccc(NC(=O)c2sc(NC(=O)c3ccc(Br)cc3)nc2C)cc1. The van der Waals surface area contributed by atoms with Crippen molar-refractivity contribution in [2.24, 2.45) is 0 Å². The summed E-state index contributed by atoms with van der Waals surface area (Å²) in [7, 11) is 1.58. The van der Waals surface area contributed by atoms with E-state index in [-0.39, 0.29) is 11.8 Å². The molecule has 3 aromatic rings. The number of nitrogens with zero attached hydrogens (tertiary/aromatic N) is 1. The molecule has 138 valence electrons. The van der Waals surface area contributed by atoms with Crippen molar-refractivity contribution in [3.8, 4) is 5.75 Å². The van der Waals surface area contributed by atoms with Crippen molar-refractivity contribution in [2.75, 3.05) is 17.7 Å². The number of amides is 2. The van der Waals surface area contributed by atoms with Crippen LogP contribution < -0.4 is 15.4 Å². The van der Waals surface area contributed by atoms with Gasteiger partial charge in [0.05, 0.1) is 12.8 Å². The number of carbonyl (C=O) groups excluding carboxylic acids is 2. The van der Waals surface area contributed by atoms with Gasteiger partial charge in [-0.05, 0) is 55.5 Å². The van der Waals surface area contributed by atoms with Gasteiger partial charge >= 0.3 is 0 Å². The first kappa shape index (κ1) is 19.1. The molecule has 8 heteroatoms. The van der Waals surface area contributed by atoms with Gasteiger partial charge in [-0.25, -0.2) is 4.98 Å². The number of benzene rings is 2. The number of thiazole rings is 1. The Labute approximate surface area is 168 Å². The maximum absolute atomic E-state index is 12.5. The van der Waals surface area contributed by atoms with E-state index in [1.54, 1.807) is 62.6 Å². The zero-order valence-corrected chi connectivity index (χ0v) is 17.0. The highest BCUT2D eigenvalue weighted by Gasteiger charge is 2.17. The number of aryl methyl sites for hydroxylation is 1. The number of rotatable bonds is 5. The normalized spacial score (nSPS) is 10.3. The summed E-state index contributed by atoms with van der Waals surface area (Å²) in [4.78, 5) is 29.5. The van der Waals surface area contributed by atoms with Gasteiger partial charge in [0, 0.05) is 15.7 Å². The van der Waals surface area contributed by atoms with Crippen molar-refractivity contribution in [2.45, 2.75) is 6.92 Å². The standard InChI is InChI=1S/C19H16BrN3O3S/c1-11-16(18(25)22-14-7-9-15(26-2)10-8-14)27-19(21-11)23-17(24)12-3-5-13(20)6-4-12/h3-10H,1-2H3,(H,22,25)(H,21,23,24). The first-order chi connectivity index (χ1) is 13.0. The van der Waals surface area contributed by atoms with Crippen LogP contribution in [-0.4, -0.2) is 23.9 Å². The summed E-state index contributed by atoms with van der Waals surface area (Å²) in [6.45, 7) is 1.73. The third-order valence-corrected chi connectivity index (χ3v) is 5.28. The lowest BCUT2D eigenvalue weighted by molar-refractivity contribution is 0.102. The van der Waals surface area contributed by atoms with E-state index in [0.29, 0.717) is 32.7 Å². The van der Waals surface area contributed by atoms with Crippen LogP contribution in [0, 0.1) is 6.92 Å². The molecule has 0 radical (unpaired) electrons. The molecule has 2 aromatic carbocycles. The molecule has 2 amide bonds. The molecule has 1 heterocycles. The van der Waals surface area contributed by atoms with Gasteiger partial charge in [0.15, 0.2) is 5.13 Å². The van der Waals surface area contributed by atoms with E-state index < -0.39 is 0 Å². The largest absolute Gasteiger partial charge is 0.497 e. The first-order valence-corrected chi connectivity index (χ1v) is 9.57. The second-order valence-electron chi connectivity index (χ2n) is 5.58. The zero-order chi connectivity index (χ0) is 19.4. The molecule has 0 aliphatic heterocycles. The Morgan fingerprint density at radius 3 is 2.30 bits per heavy atom. The van der Waals surface area contributed by atoms with Crippen LogP contribution in [0.1, 0.15) is 25.7 Å². The number of halogens is 1. The number of hydrogen-bond donors (Lipinski definition) is 2. The van der Waals surface area contributed by atoms with Crippen LogP contribution in [0.15, 0.2) is 53.0 Å². The number of aromatic nitrogens is 1. The number of carbonyl (C=O) groups is 2. The van der Waals surface area contributed by atoms with Gasteiger partial charge in [-0.3, -0.25) is 14.9 Å². The van der Waals surface area contributed by atoms with Crippen molar-refractivity contribution in [3.05, 3.63) is 69.1 Å². The molecule has 0 spiro atoms. The van der Waals surface area contributed by atoms with Gasteiger partial charge < -0.3 is 10.1 Å². The third-order valence-electron chi connectivity index (χ3n) is 3.68. The monoisotopic (exact) mass is 445 g/mol. The highest BCUT2D eigenvalue weighted by molar-refractivity contribution is 9.10. The maximum atomic E-state index is 12.5. The summed E-state index contributed by atoms with van der Waals surface area (Å²) in [5.41, 5.74) is 1.71. The molecule has 0 unspecified atom stereocenters. The fraction of sp³-hybridized carbons (Fsp3) is 0.105. The van der Waals surface area contributed by atoms with Gasteiger partial charge in [-0.1, -0.05) is 27.3 Å². The molecule has 27 heavy (non-hydrogen) atoms. The Bertz CT molecular complexity index is 969. The molecule has 0 bridgehead atoms. The van der Waals surface area contributed by atoms with Crippen LogP contribution in [0.4, 0.5) is 10.8 Å². The van der Waals surface area contributed by atoms with Crippen LogP contribution in [-0.2, 0) is 0 Å². The molecule has 2 N–H and O–H groups in total. The molecule has 0 saturated heterocycles. The summed E-state index contributed by atoms with van der Waals surface area (Å²) in [6, 6.07) is 14.0. The molecular formula is C19H16BrN3O3S. The minimum atomic E-state index is -0.279. The van der Waals surface area contributed by atoms with Crippen LogP contribution >= 0.6 is 27.3 Å². The van der Waals surface area contributed by atoms with Crippen LogP contribution in [0.5, 0.6) is 5.75 Å². The summed E-state index contributed by atoms with van der Waals surface area (Å²) in [6.07, 6.45) is 0. The van der Waals surface area contributed by atoms with E-state index in [9.17, 15) is 9.59 Å².